The van der Waals surface area contributed by atoms with Crippen LogP contribution in [0.25, 0.3) is 0 Å². The van der Waals surface area contributed by atoms with Gasteiger partial charge < -0.3 is 15.0 Å². The van der Waals surface area contributed by atoms with Crippen molar-refractivity contribution >= 4 is 11.8 Å². The Kier molecular flexibility index (Phi) is 7.94. The van der Waals surface area contributed by atoms with Crippen molar-refractivity contribution in [2.45, 2.75) is 32.7 Å². The number of carbonyl (C=O) groups excluding carboxylic acids is 2. The number of hydrogen-bond acceptors (Lipinski definition) is 5. The molecule has 0 bridgehead atoms. The average molecular weight is 340 g/mol. The summed E-state index contributed by atoms with van der Waals surface area (Å²) in [7, 11) is 0. The van der Waals surface area contributed by atoms with Crippen LogP contribution in [0.2, 0.25) is 0 Å². The first-order chi connectivity index (χ1) is 11.6. The van der Waals surface area contributed by atoms with Crippen molar-refractivity contribution in [2.24, 2.45) is 0 Å². The third kappa shape index (κ3) is 6.37. The second-order valence-corrected chi connectivity index (χ2v) is 6.69. The molecule has 7 heteroatoms. The molecule has 2 heterocycles. The summed E-state index contributed by atoms with van der Waals surface area (Å²) in [6.07, 6.45) is 1.92. The summed E-state index contributed by atoms with van der Waals surface area (Å²) in [5, 5.41) is 2.94. The Bertz CT molecular complexity index is 411. The van der Waals surface area contributed by atoms with Gasteiger partial charge in [0.1, 0.15) is 0 Å². The van der Waals surface area contributed by atoms with Crippen LogP contribution in [0.15, 0.2) is 0 Å². The zero-order valence-corrected chi connectivity index (χ0v) is 15.1. The van der Waals surface area contributed by atoms with Gasteiger partial charge in [0.05, 0.1) is 13.2 Å². The lowest BCUT2D eigenvalue weighted by Gasteiger charge is -2.37. The number of hydrogen-bond donors (Lipinski definition) is 1. The average Bonchev–Trinajstić information content (AvgIpc) is 2.56. The molecule has 2 saturated heterocycles. The summed E-state index contributed by atoms with van der Waals surface area (Å²) in [6.45, 7) is 11.9. The second-order valence-electron chi connectivity index (χ2n) is 6.69. The van der Waals surface area contributed by atoms with Gasteiger partial charge in [-0.3, -0.25) is 19.4 Å². The fourth-order valence-electron chi connectivity index (χ4n) is 3.41. The van der Waals surface area contributed by atoms with Crippen molar-refractivity contribution in [3.05, 3.63) is 0 Å². The normalized spacial score (nSPS) is 23.2. The summed E-state index contributed by atoms with van der Waals surface area (Å²) < 4.78 is 5.40. The number of nitrogens with zero attached hydrogens (tertiary/aromatic N) is 3. The number of nitrogens with one attached hydrogen (secondary N) is 1. The summed E-state index contributed by atoms with van der Waals surface area (Å²) in [5.41, 5.74) is 0. The van der Waals surface area contributed by atoms with E-state index in [2.05, 4.69) is 15.1 Å². The quantitative estimate of drug-likeness (QED) is 0.649. The molecule has 0 aromatic heterocycles. The number of amides is 2. The minimum atomic E-state index is -0.0162. The van der Waals surface area contributed by atoms with Crippen LogP contribution in [-0.4, -0.2) is 98.1 Å². The minimum absolute atomic E-state index is 0.0162. The standard InChI is InChI=1S/C17H32N4O3/c1-3-24-12-11-19-7-9-20(10-8-19)14-17(23)21-6-4-5-16(13-21)18-15(2)22/h16H,3-14H2,1-2H3,(H,18,22). The first-order valence-electron chi connectivity index (χ1n) is 9.15. The lowest BCUT2D eigenvalue weighted by atomic mass is 10.1. The van der Waals surface area contributed by atoms with E-state index in [4.69, 9.17) is 4.74 Å². The highest BCUT2D eigenvalue weighted by Gasteiger charge is 2.26. The van der Waals surface area contributed by atoms with E-state index in [0.29, 0.717) is 13.1 Å². The van der Waals surface area contributed by atoms with Crippen molar-refractivity contribution < 1.29 is 14.3 Å². The molecule has 1 unspecified atom stereocenters. The lowest BCUT2D eigenvalue weighted by Crippen LogP contribution is -2.54. The van der Waals surface area contributed by atoms with E-state index in [1.54, 1.807) is 0 Å². The molecule has 0 saturated carbocycles. The summed E-state index contributed by atoms with van der Waals surface area (Å²) in [4.78, 5) is 30.3. The number of ether oxygens (including phenoxy) is 1. The van der Waals surface area contributed by atoms with Crippen molar-refractivity contribution in [3.8, 4) is 0 Å². The number of carbonyl (C=O) groups is 2. The summed E-state index contributed by atoms with van der Waals surface area (Å²) >= 11 is 0. The van der Waals surface area contributed by atoms with E-state index in [1.807, 2.05) is 11.8 Å². The molecular formula is C17H32N4O3. The van der Waals surface area contributed by atoms with Crippen LogP contribution >= 0.6 is 0 Å². The number of piperazine rings is 1. The number of piperidine rings is 1. The molecule has 7 nitrogen and oxygen atoms in total. The lowest BCUT2D eigenvalue weighted by molar-refractivity contribution is -0.135. The zero-order chi connectivity index (χ0) is 17.4. The predicted molar refractivity (Wildman–Crippen MR) is 92.8 cm³/mol. The SMILES string of the molecule is CCOCCN1CCN(CC(=O)N2CCCC(NC(C)=O)C2)CC1. The molecule has 1 N–H and O–H groups in total. The van der Waals surface area contributed by atoms with Crippen LogP contribution in [0.4, 0.5) is 0 Å². The molecular weight excluding hydrogens is 308 g/mol. The van der Waals surface area contributed by atoms with Gasteiger partial charge in [0, 0.05) is 65.4 Å². The Hall–Kier alpha value is -1.18. The minimum Gasteiger partial charge on any atom is -0.380 e. The largest absolute Gasteiger partial charge is 0.380 e. The summed E-state index contributed by atoms with van der Waals surface area (Å²) in [5.74, 6) is 0.172. The molecule has 0 aromatic carbocycles. The van der Waals surface area contributed by atoms with E-state index in [0.717, 1.165) is 65.3 Å². The molecule has 0 spiro atoms. The van der Waals surface area contributed by atoms with Crippen LogP contribution in [0, 0.1) is 0 Å². The monoisotopic (exact) mass is 340 g/mol. The van der Waals surface area contributed by atoms with Gasteiger partial charge in [-0.25, -0.2) is 0 Å². The molecule has 1 atom stereocenters. The van der Waals surface area contributed by atoms with Gasteiger partial charge in [-0.1, -0.05) is 0 Å². The number of likely N-dealkylation sites (tertiary alicyclic amines) is 1. The highest BCUT2D eigenvalue weighted by molar-refractivity contribution is 5.78. The predicted octanol–water partition coefficient (Wildman–Crippen LogP) is -0.232. The van der Waals surface area contributed by atoms with Crippen LogP contribution in [0.3, 0.4) is 0 Å². The molecule has 0 aliphatic carbocycles. The third-order valence-electron chi connectivity index (χ3n) is 4.76. The molecule has 0 aromatic rings. The fraction of sp³-hybridized carbons (Fsp3) is 0.882. The smallest absolute Gasteiger partial charge is 0.236 e. The van der Waals surface area contributed by atoms with E-state index < -0.39 is 0 Å². The molecule has 2 fully saturated rings. The van der Waals surface area contributed by atoms with Gasteiger partial charge in [0.2, 0.25) is 11.8 Å². The zero-order valence-electron chi connectivity index (χ0n) is 15.1. The molecule has 2 aliphatic rings. The van der Waals surface area contributed by atoms with Crippen molar-refractivity contribution in [1.82, 2.24) is 20.0 Å². The molecule has 2 aliphatic heterocycles. The van der Waals surface area contributed by atoms with Gasteiger partial charge >= 0.3 is 0 Å². The maximum absolute atomic E-state index is 12.5. The molecule has 138 valence electrons. The Labute approximate surface area is 145 Å². The first kappa shape index (κ1) is 19.1. The molecule has 24 heavy (non-hydrogen) atoms. The van der Waals surface area contributed by atoms with Gasteiger partial charge in [0.25, 0.3) is 0 Å². The summed E-state index contributed by atoms with van der Waals surface area (Å²) in [6, 6.07) is 0.107. The maximum atomic E-state index is 12.5. The Morgan fingerprint density at radius 1 is 1.12 bits per heavy atom. The Morgan fingerprint density at radius 2 is 1.83 bits per heavy atom. The van der Waals surface area contributed by atoms with Crippen molar-refractivity contribution in [2.75, 3.05) is 65.6 Å². The van der Waals surface area contributed by atoms with Crippen LogP contribution in [0.5, 0.6) is 0 Å². The molecule has 0 radical (unpaired) electrons. The van der Waals surface area contributed by atoms with E-state index in [-0.39, 0.29) is 17.9 Å². The van der Waals surface area contributed by atoms with Crippen LogP contribution in [0.1, 0.15) is 26.7 Å². The topological polar surface area (TPSA) is 65.1 Å². The van der Waals surface area contributed by atoms with Crippen molar-refractivity contribution in [3.63, 3.8) is 0 Å². The van der Waals surface area contributed by atoms with Crippen LogP contribution in [-0.2, 0) is 14.3 Å². The first-order valence-corrected chi connectivity index (χ1v) is 9.15. The Balaban J connectivity index is 1.68. The van der Waals surface area contributed by atoms with Gasteiger partial charge in [0.15, 0.2) is 0 Å². The highest BCUT2D eigenvalue weighted by Crippen LogP contribution is 2.11. The number of rotatable bonds is 7. The van der Waals surface area contributed by atoms with E-state index >= 15 is 0 Å². The fourth-order valence-corrected chi connectivity index (χ4v) is 3.41. The third-order valence-corrected chi connectivity index (χ3v) is 4.76. The molecule has 2 rings (SSSR count). The van der Waals surface area contributed by atoms with Gasteiger partial charge in [-0.15, -0.1) is 0 Å². The Morgan fingerprint density at radius 3 is 2.50 bits per heavy atom. The van der Waals surface area contributed by atoms with E-state index in [9.17, 15) is 9.59 Å². The highest BCUT2D eigenvalue weighted by atomic mass is 16.5. The van der Waals surface area contributed by atoms with Crippen molar-refractivity contribution in [1.29, 1.82) is 0 Å². The second kappa shape index (κ2) is 9.96. The van der Waals surface area contributed by atoms with Gasteiger partial charge in [-0.2, -0.15) is 0 Å². The van der Waals surface area contributed by atoms with Crippen LogP contribution < -0.4 is 5.32 Å². The maximum Gasteiger partial charge on any atom is 0.236 e. The van der Waals surface area contributed by atoms with Gasteiger partial charge in [-0.05, 0) is 19.8 Å². The molecule has 2 amide bonds. The van der Waals surface area contributed by atoms with E-state index in [1.165, 1.54) is 6.92 Å².